The molecule has 0 spiro atoms. The van der Waals surface area contributed by atoms with Crippen LogP contribution < -0.4 is 10.1 Å². The summed E-state index contributed by atoms with van der Waals surface area (Å²) in [5, 5.41) is 5.20. The first-order valence-corrected chi connectivity index (χ1v) is 7.05. The van der Waals surface area contributed by atoms with Gasteiger partial charge in [0.2, 0.25) is 0 Å². The van der Waals surface area contributed by atoms with Crippen LogP contribution in [0.1, 0.15) is 5.56 Å². The number of pyridine rings is 1. The minimum Gasteiger partial charge on any atom is -0.497 e. The van der Waals surface area contributed by atoms with Gasteiger partial charge in [-0.05, 0) is 42.0 Å². The summed E-state index contributed by atoms with van der Waals surface area (Å²) in [5.74, 6) is 0.864. The van der Waals surface area contributed by atoms with Crippen molar-refractivity contribution < 1.29 is 4.74 Å². The van der Waals surface area contributed by atoms with Crippen molar-refractivity contribution in [2.45, 2.75) is 6.54 Å². The predicted molar refractivity (Wildman–Crippen MR) is 87.1 cm³/mol. The molecule has 3 rings (SSSR count). The molecule has 0 atom stereocenters. The highest BCUT2D eigenvalue weighted by atomic mass is 35.5. The van der Waals surface area contributed by atoms with E-state index in [0.29, 0.717) is 5.02 Å². The number of anilines is 1. The lowest BCUT2D eigenvalue weighted by molar-refractivity contribution is 0.414. The van der Waals surface area contributed by atoms with E-state index in [1.807, 2.05) is 48.5 Å². The molecule has 0 unspecified atom stereocenters. The van der Waals surface area contributed by atoms with Crippen molar-refractivity contribution in [2.75, 3.05) is 12.4 Å². The molecule has 0 fully saturated rings. The van der Waals surface area contributed by atoms with E-state index in [1.54, 1.807) is 13.3 Å². The molecule has 21 heavy (non-hydrogen) atoms. The van der Waals surface area contributed by atoms with Gasteiger partial charge in [0.25, 0.3) is 0 Å². The lowest BCUT2D eigenvalue weighted by Gasteiger charge is -2.10. The zero-order valence-corrected chi connectivity index (χ0v) is 12.4. The molecule has 0 amide bonds. The summed E-state index contributed by atoms with van der Waals surface area (Å²) >= 11 is 6.00. The summed E-state index contributed by atoms with van der Waals surface area (Å²) in [6, 6.07) is 15.7. The number of nitrogens with one attached hydrogen (secondary N) is 1. The van der Waals surface area contributed by atoms with Crippen LogP contribution >= 0.6 is 11.6 Å². The molecule has 0 saturated carbocycles. The number of nitrogens with zero attached hydrogens (tertiary/aromatic N) is 1. The van der Waals surface area contributed by atoms with Crippen molar-refractivity contribution in [3.63, 3.8) is 0 Å². The van der Waals surface area contributed by atoms with Gasteiger partial charge in [-0.1, -0.05) is 23.7 Å². The minimum atomic E-state index is 0.697. The smallest absolute Gasteiger partial charge is 0.118 e. The second kappa shape index (κ2) is 6.02. The van der Waals surface area contributed by atoms with Gasteiger partial charge in [-0.3, -0.25) is 4.98 Å². The SMILES string of the molecule is COc1ccc(CNc2ccnc3cc(Cl)ccc23)cc1. The molecule has 0 aliphatic rings. The quantitative estimate of drug-likeness (QED) is 0.769. The average Bonchev–Trinajstić information content (AvgIpc) is 2.53. The molecule has 1 aromatic heterocycles. The summed E-state index contributed by atoms with van der Waals surface area (Å²) in [6.07, 6.45) is 1.79. The van der Waals surface area contributed by atoms with Crippen molar-refractivity contribution in [3.8, 4) is 5.75 Å². The summed E-state index contributed by atoms with van der Waals surface area (Å²) in [4.78, 5) is 4.34. The summed E-state index contributed by atoms with van der Waals surface area (Å²) in [5.41, 5.74) is 3.13. The molecule has 1 heterocycles. The Hall–Kier alpha value is -2.26. The zero-order valence-electron chi connectivity index (χ0n) is 11.6. The lowest BCUT2D eigenvalue weighted by atomic mass is 10.1. The van der Waals surface area contributed by atoms with Crippen molar-refractivity contribution >= 4 is 28.2 Å². The molecule has 0 aliphatic carbocycles. The molecule has 1 N–H and O–H groups in total. The summed E-state index contributed by atoms with van der Waals surface area (Å²) < 4.78 is 5.16. The summed E-state index contributed by atoms with van der Waals surface area (Å²) in [6.45, 7) is 0.742. The monoisotopic (exact) mass is 298 g/mol. The Kier molecular flexibility index (Phi) is 3.93. The lowest BCUT2D eigenvalue weighted by Crippen LogP contribution is -2.00. The van der Waals surface area contributed by atoms with Crippen LogP contribution in [0.5, 0.6) is 5.75 Å². The second-order valence-corrected chi connectivity index (χ2v) is 5.16. The molecular formula is C17H15ClN2O. The van der Waals surface area contributed by atoms with Gasteiger partial charge >= 0.3 is 0 Å². The number of ether oxygens (including phenoxy) is 1. The number of aromatic nitrogens is 1. The van der Waals surface area contributed by atoms with Crippen molar-refractivity contribution in [1.29, 1.82) is 0 Å². The van der Waals surface area contributed by atoms with E-state index in [-0.39, 0.29) is 0 Å². The first-order valence-electron chi connectivity index (χ1n) is 6.67. The molecule has 4 heteroatoms. The number of hydrogen-bond donors (Lipinski definition) is 1. The maximum atomic E-state index is 6.00. The Morgan fingerprint density at radius 3 is 2.67 bits per heavy atom. The Bertz CT molecular complexity index is 756. The van der Waals surface area contributed by atoms with Crippen LogP contribution in [0.3, 0.4) is 0 Å². The largest absolute Gasteiger partial charge is 0.497 e. The number of fused-ring (bicyclic) bond motifs is 1. The first-order chi connectivity index (χ1) is 10.3. The van der Waals surface area contributed by atoms with Crippen molar-refractivity contribution in [3.05, 3.63) is 65.3 Å². The number of benzene rings is 2. The Labute approximate surface area is 128 Å². The van der Waals surface area contributed by atoms with Crippen LogP contribution in [-0.2, 0) is 6.54 Å². The topological polar surface area (TPSA) is 34.1 Å². The minimum absolute atomic E-state index is 0.697. The van der Waals surface area contributed by atoms with E-state index >= 15 is 0 Å². The van der Waals surface area contributed by atoms with E-state index in [9.17, 15) is 0 Å². The van der Waals surface area contributed by atoms with Crippen LogP contribution in [-0.4, -0.2) is 12.1 Å². The molecule has 3 aromatic rings. The normalized spacial score (nSPS) is 10.6. The van der Waals surface area contributed by atoms with Crippen LogP contribution in [0.25, 0.3) is 10.9 Å². The van der Waals surface area contributed by atoms with Crippen molar-refractivity contribution in [2.24, 2.45) is 0 Å². The second-order valence-electron chi connectivity index (χ2n) is 4.72. The fraction of sp³-hybridized carbons (Fsp3) is 0.118. The highest BCUT2D eigenvalue weighted by Crippen LogP contribution is 2.25. The van der Waals surface area contributed by atoms with Crippen molar-refractivity contribution in [1.82, 2.24) is 4.98 Å². The fourth-order valence-electron chi connectivity index (χ4n) is 2.22. The van der Waals surface area contributed by atoms with Crippen LogP contribution in [0.4, 0.5) is 5.69 Å². The van der Waals surface area contributed by atoms with E-state index in [2.05, 4.69) is 10.3 Å². The van der Waals surface area contributed by atoms with Gasteiger partial charge in [-0.2, -0.15) is 0 Å². The van der Waals surface area contributed by atoms with Gasteiger partial charge in [-0.25, -0.2) is 0 Å². The fourth-order valence-corrected chi connectivity index (χ4v) is 2.38. The molecule has 0 radical (unpaired) electrons. The molecule has 0 aliphatic heterocycles. The third-order valence-corrected chi connectivity index (χ3v) is 3.58. The molecule has 0 bridgehead atoms. The third kappa shape index (κ3) is 3.09. The predicted octanol–water partition coefficient (Wildman–Crippen LogP) is 4.51. The zero-order chi connectivity index (χ0) is 14.7. The summed E-state index contributed by atoms with van der Waals surface area (Å²) in [7, 11) is 1.67. The average molecular weight is 299 g/mol. The number of methoxy groups -OCH3 is 1. The standard InChI is InChI=1S/C17H15ClN2O/c1-21-14-5-2-12(3-6-14)11-20-16-8-9-19-17-10-13(18)4-7-15(16)17/h2-10H,11H2,1H3,(H,19,20). The van der Waals surface area contributed by atoms with E-state index in [0.717, 1.165) is 28.9 Å². The van der Waals surface area contributed by atoms with E-state index < -0.39 is 0 Å². The first kappa shape index (κ1) is 13.7. The van der Waals surface area contributed by atoms with Gasteiger partial charge < -0.3 is 10.1 Å². The van der Waals surface area contributed by atoms with Gasteiger partial charge in [0.05, 0.1) is 12.6 Å². The molecule has 106 valence electrons. The van der Waals surface area contributed by atoms with Crippen LogP contribution in [0.15, 0.2) is 54.7 Å². The molecular weight excluding hydrogens is 284 g/mol. The maximum Gasteiger partial charge on any atom is 0.118 e. The maximum absolute atomic E-state index is 6.00. The third-order valence-electron chi connectivity index (χ3n) is 3.35. The highest BCUT2D eigenvalue weighted by molar-refractivity contribution is 6.31. The Morgan fingerprint density at radius 2 is 1.90 bits per heavy atom. The van der Waals surface area contributed by atoms with Gasteiger partial charge in [0.1, 0.15) is 5.75 Å². The molecule has 2 aromatic carbocycles. The molecule has 3 nitrogen and oxygen atoms in total. The van der Waals surface area contributed by atoms with Gasteiger partial charge in [0.15, 0.2) is 0 Å². The van der Waals surface area contributed by atoms with Crippen LogP contribution in [0, 0.1) is 0 Å². The Morgan fingerprint density at radius 1 is 1.10 bits per heavy atom. The Balaban J connectivity index is 1.81. The highest BCUT2D eigenvalue weighted by Gasteiger charge is 2.02. The van der Waals surface area contributed by atoms with Gasteiger partial charge in [-0.15, -0.1) is 0 Å². The number of rotatable bonds is 4. The van der Waals surface area contributed by atoms with Crippen LogP contribution in [0.2, 0.25) is 5.02 Å². The number of hydrogen-bond acceptors (Lipinski definition) is 3. The number of halogens is 1. The van der Waals surface area contributed by atoms with E-state index in [4.69, 9.17) is 16.3 Å². The van der Waals surface area contributed by atoms with Gasteiger partial charge in [0, 0.05) is 28.8 Å². The van der Waals surface area contributed by atoms with E-state index in [1.165, 1.54) is 5.56 Å². The molecule has 0 saturated heterocycles.